The first-order valence-corrected chi connectivity index (χ1v) is 5.84. The summed E-state index contributed by atoms with van der Waals surface area (Å²) < 4.78 is 36.6. The van der Waals surface area contributed by atoms with E-state index in [9.17, 15) is 18.0 Å². The van der Waals surface area contributed by atoms with Crippen LogP contribution in [-0.2, 0) is 0 Å². The minimum absolute atomic E-state index is 0.324. The second kappa shape index (κ2) is 4.46. The van der Waals surface area contributed by atoms with Crippen LogP contribution >= 0.6 is 11.6 Å². The number of carbonyl (C=O) groups excluding carboxylic acids is 1. The van der Waals surface area contributed by atoms with E-state index in [2.05, 4.69) is 0 Å². The van der Waals surface area contributed by atoms with Crippen LogP contribution < -0.4 is 0 Å². The first-order chi connectivity index (χ1) is 8.29. The molecule has 6 heteroatoms. The van der Waals surface area contributed by atoms with Crippen molar-refractivity contribution in [2.24, 2.45) is 0 Å². The van der Waals surface area contributed by atoms with Gasteiger partial charge in [0.1, 0.15) is 0 Å². The maximum atomic E-state index is 12.2. The largest absolute Gasteiger partial charge is 0.390 e. The van der Waals surface area contributed by atoms with Crippen molar-refractivity contribution in [3.05, 3.63) is 34.3 Å². The van der Waals surface area contributed by atoms with E-state index in [1.165, 1.54) is 11.0 Å². The second-order valence-electron chi connectivity index (χ2n) is 4.27. The van der Waals surface area contributed by atoms with E-state index >= 15 is 0 Å². The Kier molecular flexibility index (Phi) is 3.27. The number of hydrogen-bond acceptors (Lipinski definition) is 1. The van der Waals surface area contributed by atoms with Crippen LogP contribution in [0.4, 0.5) is 13.2 Å². The number of rotatable bonds is 2. The molecule has 0 radical (unpaired) electrons. The Balaban J connectivity index is 2.20. The van der Waals surface area contributed by atoms with Crippen molar-refractivity contribution in [3.63, 3.8) is 0 Å². The maximum absolute atomic E-state index is 12.2. The van der Waals surface area contributed by atoms with Crippen molar-refractivity contribution in [3.8, 4) is 0 Å². The van der Waals surface area contributed by atoms with E-state index < -0.39 is 12.6 Å². The standard InChI is InChI=1S/C12H11ClF3NO/c1-7-9-3-2-8(13)6-10(9)11(18)17(7)5-4-12(14,15)16/h2-3,6-7H,4-5H2,1H3. The Hall–Kier alpha value is -1.23. The molecule has 0 saturated heterocycles. The molecule has 18 heavy (non-hydrogen) atoms. The lowest BCUT2D eigenvalue weighted by atomic mass is 10.1. The summed E-state index contributed by atoms with van der Waals surface area (Å²) in [5.41, 5.74) is 1.13. The number of hydrogen-bond donors (Lipinski definition) is 0. The second-order valence-corrected chi connectivity index (χ2v) is 4.71. The van der Waals surface area contributed by atoms with Gasteiger partial charge in [0.15, 0.2) is 0 Å². The monoisotopic (exact) mass is 277 g/mol. The average molecular weight is 278 g/mol. The fourth-order valence-electron chi connectivity index (χ4n) is 2.12. The van der Waals surface area contributed by atoms with E-state index in [1.807, 2.05) is 0 Å². The molecule has 0 saturated carbocycles. The van der Waals surface area contributed by atoms with Gasteiger partial charge in [0.05, 0.1) is 12.5 Å². The van der Waals surface area contributed by atoms with Gasteiger partial charge in [0, 0.05) is 17.1 Å². The minimum atomic E-state index is -4.26. The third kappa shape index (κ3) is 2.46. The van der Waals surface area contributed by atoms with Crippen LogP contribution in [0.3, 0.4) is 0 Å². The molecule has 2 rings (SSSR count). The summed E-state index contributed by atoms with van der Waals surface area (Å²) in [6.45, 7) is 1.39. The molecule has 1 aromatic carbocycles. The van der Waals surface area contributed by atoms with E-state index in [0.717, 1.165) is 5.56 Å². The number of benzene rings is 1. The van der Waals surface area contributed by atoms with Crippen LogP contribution in [-0.4, -0.2) is 23.5 Å². The molecule has 1 amide bonds. The average Bonchev–Trinajstić information content (AvgIpc) is 2.48. The molecule has 0 N–H and O–H groups in total. The molecule has 1 atom stereocenters. The van der Waals surface area contributed by atoms with Crippen LogP contribution in [0.15, 0.2) is 18.2 Å². The summed E-state index contributed by atoms with van der Waals surface area (Å²) in [5.74, 6) is -0.385. The zero-order valence-electron chi connectivity index (χ0n) is 9.59. The Labute approximate surface area is 107 Å². The van der Waals surface area contributed by atoms with Gasteiger partial charge in [0.2, 0.25) is 0 Å². The number of carbonyl (C=O) groups is 1. The van der Waals surface area contributed by atoms with Gasteiger partial charge in [-0.25, -0.2) is 0 Å². The number of amides is 1. The van der Waals surface area contributed by atoms with Crippen LogP contribution in [0.2, 0.25) is 5.02 Å². The Morgan fingerprint density at radius 2 is 2.06 bits per heavy atom. The fourth-order valence-corrected chi connectivity index (χ4v) is 2.29. The summed E-state index contributed by atoms with van der Waals surface area (Å²) in [6, 6.07) is 4.49. The van der Waals surface area contributed by atoms with Crippen LogP contribution in [0.25, 0.3) is 0 Å². The van der Waals surface area contributed by atoms with Gasteiger partial charge in [0.25, 0.3) is 5.91 Å². The topological polar surface area (TPSA) is 20.3 Å². The summed E-state index contributed by atoms with van der Waals surface area (Å²) in [5, 5.41) is 0.409. The third-order valence-corrected chi connectivity index (χ3v) is 3.30. The number of fused-ring (bicyclic) bond motifs is 1. The van der Waals surface area contributed by atoms with E-state index in [0.29, 0.717) is 10.6 Å². The molecule has 98 valence electrons. The Morgan fingerprint density at radius 3 is 2.67 bits per heavy atom. The highest BCUT2D eigenvalue weighted by Gasteiger charge is 2.36. The minimum Gasteiger partial charge on any atom is -0.332 e. The highest BCUT2D eigenvalue weighted by molar-refractivity contribution is 6.31. The first-order valence-electron chi connectivity index (χ1n) is 5.47. The molecule has 0 fully saturated rings. The van der Waals surface area contributed by atoms with Crippen molar-refractivity contribution >= 4 is 17.5 Å². The molecule has 0 aliphatic carbocycles. The zero-order chi connectivity index (χ0) is 13.5. The van der Waals surface area contributed by atoms with Gasteiger partial charge in [-0.05, 0) is 24.6 Å². The molecule has 2 nitrogen and oxygen atoms in total. The number of nitrogens with zero attached hydrogens (tertiary/aromatic N) is 1. The van der Waals surface area contributed by atoms with Crippen molar-refractivity contribution in [1.82, 2.24) is 4.90 Å². The first kappa shape index (κ1) is 13.2. The fraction of sp³-hybridized carbons (Fsp3) is 0.417. The van der Waals surface area contributed by atoms with Gasteiger partial charge < -0.3 is 4.90 Å². The molecule has 0 bridgehead atoms. The number of alkyl halides is 3. The highest BCUT2D eigenvalue weighted by atomic mass is 35.5. The molecule has 1 heterocycles. The van der Waals surface area contributed by atoms with Gasteiger partial charge in [-0.2, -0.15) is 13.2 Å². The molecule has 0 spiro atoms. The predicted octanol–water partition coefficient (Wildman–Crippen LogP) is 3.81. The lowest BCUT2D eigenvalue weighted by molar-refractivity contribution is -0.137. The van der Waals surface area contributed by atoms with Crippen molar-refractivity contribution < 1.29 is 18.0 Å². The van der Waals surface area contributed by atoms with Crippen LogP contribution in [0, 0.1) is 0 Å². The lowest BCUT2D eigenvalue weighted by Crippen LogP contribution is -2.30. The summed E-state index contributed by atoms with van der Waals surface area (Å²) in [6.07, 6.45) is -5.25. The van der Waals surface area contributed by atoms with Crippen LogP contribution in [0.5, 0.6) is 0 Å². The number of halogens is 4. The van der Waals surface area contributed by atoms with Gasteiger partial charge in [-0.3, -0.25) is 4.79 Å². The summed E-state index contributed by atoms with van der Waals surface area (Å²) in [7, 11) is 0. The molecule has 0 aromatic heterocycles. The van der Waals surface area contributed by atoms with Crippen molar-refractivity contribution in [1.29, 1.82) is 0 Å². The SMILES string of the molecule is CC1c2ccc(Cl)cc2C(=O)N1CCC(F)(F)F. The molecule has 1 aromatic rings. The van der Waals surface area contributed by atoms with E-state index in [-0.39, 0.29) is 18.5 Å². The summed E-state index contributed by atoms with van der Waals surface area (Å²) in [4.78, 5) is 13.2. The summed E-state index contributed by atoms with van der Waals surface area (Å²) >= 11 is 5.78. The molecular weight excluding hydrogens is 267 g/mol. The lowest BCUT2D eigenvalue weighted by Gasteiger charge is -2.22. The normalized spacial score (nSPS) is 19.3. The Morgan fingerprint density at radius 1 is 1.39 bits per heavy atom. The quantitative estimate of drug-likeness (QED) is 0.805. The van der Waals surface area contributed by atoms with E-state index in [4.69, 9.17) is 11.6 Å². The van der Waals surface area contributed by atoms with Gasteiger partial charge in [-0.15, -0.1) is 0 Å². The zero-order valence-corrected chi connectivity index (χ0v) is 10.3. The van der Waals surface area contributed by atoms with Crippen LogP contribution in [0.1, 0.15) is 35.3 Å². The third-order valence-electron chi connectivity index (χ3n) is 3.06. The van der Waals surface area contributed by atoms with Crippen molar-refractivity contribution in [2.75, 3.05) is 6.54 Å². The molecular formula is C12H11ClF3NO. The molecule has 1 unspecified atom stereocenters. The van der Waals surface area contributed by atoms with Gasteiger partial charge >= 0.3 is 6.18 Å². The van der Waals surface area contributed by atoms with Crippen molar-refractivity contribution in [2.45, 2.75) is 25.6 Å². The molecule has 1 aliphatic rings. The highest BCUT2D eigenvalue weighted by Crippen LogP contribution is 2.35. The van der Waals surface area contributed by atoms with E-state index in [1.54, 1.807) is 19.1 Å². The van der Waals surface area contributed by atoms with Gasteiger partial charge in [-0.1, -0.05) is 17.7 Å². The smallest absolute Gasteiger partial charge is 0.332 e. The maximum Gasteiger partial charge on any atom is 0.390 e. The Bertz CT molecular complexity index is 487. The predicted molar refractivity (Wildman–Crippen MR) is 61.6 cm³/mol. The molecule has 1 aliphatic heterocycles.